The number of hydroxylamine groups is 1. The molecular formula is C24H26F2N4O5S. The fraction of sp³-hybridized carbons (Fsp3) is 0.375. The molecule has 192 valence electrons. The van der Waals surface area contributed by atoms with E-state index in [4.69, 9.17) is 5.21 Å². The molecule has 9 nitrogen and oxygen atoms in total. The summed E-state index contributed by atoms with van der Waals surface area (Å²) in [4.78, 5) is 29.1. The van der Waals surface area contributed by atoms with Gasteiger partial charge in [0.25, 0.3) is 11.5 Å². The molecule has 1 fully saturated rings. The van der Waals surface area contributed by atoms with Crippen LogP contribution in [-0.2, 0) is 27.7 Å². The van der Waals surface area contributed by atoms with E-state index in [-0.39, 0.29) is 35.0 Å². The predicted octanol–water partition coefficient (Wildman–Crippen LogP) is 2.29. The summed E-state index contributed by atoms with van der Waals surface area (Å²) in [6.45, 7) is 1.40. The standard InChI is InChI=1S/C24H26F2N4O5S/c1-24(23(32)29-33,36(2,34)35)7-8-30-13-28-21-11-17(20(26)10-18(21)22(30)31)16-6-3-14(9-19(16)25)12-27-15-4-5-15/h3,6,9-11,13,15,27,33H,4-5,7-8,12H2,1-2H3,(H,29,32)/t24-/m1/s1. The first-order valence-electron chi connectivity index (χ1n) is 11.3. The fourth-order valence-corrected chi connectivity index (χ4v) is 4.75. The Labute approximate surface area is 206 Å². The van der Waals surface area contributed by atoms with Crippen molar-refractivity contribution in [3.8, 4) is 11.1 Å². The lowest BCUT2D eigenvalue weighted by molar-refractivity contribution is -0.131. The molecule has 1 amide bonds. The third-order valence-electron chi connectivity index (χ3n) is 6.64. The van der Waals surface area contributed by atoms with E-state index in [1.54, 1.807) is 6.07 Å². The number of carbonyl (C=O) groups is 1. The quantitative estimate of drug-likeness (QED) is 0.292. The van der Waals surface area contributed by atoms with Gasteiger partial charge in [0.2, 0.25) is 0 Å². The van der Waals surface area contributed by atoms with E-state index >= 15 is 4.39 Å². The van der Waals surface area contributed by atoms with Crippen LogP contribution in [0.2, 0.25) is 0 Å². The van der Waals surface area contributed by atoms with Crippen molar-refractivity contribution in [1.82, 2.24) is 20.3 Å². The lowest BCUT2D eigenvalue weighted by Crippen LogP contribution is -2.50. The summed E-state index contributed by atoms with van der Waals surface area (Å²) in [5, 5.41) is 12.1. The molecule has 36 heavy (non-hydrogen) atoms. The number of aromatic nitrogens is 2. The maximum Gasteiger partial charge on any atom is 0.264 e. The van der Waals surface area contributed by atoms with Gasteiger partial charge in [-0.25, -0.2) is 27.7 Å². The zero-order valence-corrected chi connectivity index (χ0v) is 20.5. The van der Waals surface area contributed by atoms with Gasteiger partial charge in [-0.2, -0.15) is 0 Å². The first kappa shape index (κ1) is 25.9. The molecule has 2 aromatic carbocycles. The maximum atomic E-state index is 15.0. The van der Waals surface area contributed by atoms with E-state index in [9.17, 15) is 22.4 Å². The van der Waals surface area contributed by atoms with Gasteiger partial charge in [-0.05, 0) is 49.9 Å². The number of hydrogen-bond acceptors (Lipinski definition) is 7. The van der Waals surface area contributed by atoms with Crippen molar-refractivity contribution in [2.45, 2.75) is 50.1 Å². The molecule has 4 rings (SSSR count). The van der Waals surface area contributed by atoms with E-state index < -0.39 is 37.7 Å². The van der Waals surface area contributed by atoms with Crippen molar-refractivity contribution in [1.29, 1.82) is 0 Å². The Morgan fingerprint density at radius 2 is 1.89 bits per heavy atom. The third kappa shape index (κ3) is 5.01. The Morgan fingerprint density at radius 3 is 2.50 bits per heavy atom. The second-order valence-corrected chi connectivity index (χ2v) is 11.7. The van der Waals surface area contributed by atoms with Crippen molar-refractivity contribution >= 4 is 26.6 Å². The maximum absolute atomic E-state index is 15.0. The van der Waals surface area contributed by atoms with Crippen molar-refractivity contribution in [3.05, 3.63) is 64.2 Å². The molecule has 0 aliphatic heterocycles. The Hall–Kier alpha value is -3.22. The van der Waals surface area contributed by atoms with E-state index in [1.807, 2.05) is 0 Å². The Bertz CT molecular complexity index is 1500. The van der Waals surface area contributed by atoms with Crippen LogP contribution in [0.15, 0.2) is 41.5 Å². The van der Waals surface area contributed by atoms with Crippen molar-refractivity contribution in [3.63, 3.8) is 0 Å². The minimum atomic E-state index is -3.96. The highest BCUT2D eigenvalue weighted by atomic mass is 32.2. The molecule has 0 radical (unpaired) electrons. The van der Waals surface area contributed by atoms with Crippen molar-refractivity contribution in [2.75, 3.05) is 6.26 Å². The average Bonchev–Trinajstić information content (AvgIpc) is 3.66. The zero-order chi connectivity index (χ0) is 26.3. The lowest BCUT2D eigenvalue weighted by Gasteiger charge is -2.25. The predicted molar refractivity (Wildman–Crippen MR) is 129 cm³/mol. The highest BCUT2D eigenvalue weighted by Gasteiger charge is 2.43. The first-order valence-corrected chi connectivity index (χ1v) is 13.2. The summed E-state index contributed by atoms with van der Waals surface area (Å²) in [5.74, 6) is -2.56. The number of hydrogen-bond donors (Lipinski definition) is 3. The third-order valence-corrected chi connectivity index (χ3v) is 8.67. The van der Waals surface area contributed by atoms with Gasteiger partial charge in [-0.15, -0.1) is 0 Å². The molecule has 12 heteroatoms. The smallest absolute Gasteiger partial charge is 0.264 e. The molecule has 1 aliphatic carbocycles. The molecule has 0 saturated heterocycles. The summed E-state index contributed by atoms with van der Waals surface area (Å²) in [6, 6.07) is 7.27. The van der Waals surface area contributed by atoms with Crippen LogP contribution >= 0.6 is 0 Å². The average molecular weight is 521 g/mol. The fourth-order valence-electron chi connectivity index (χ4n) is 3.90. The molecule has 1 saturated carbocycles. The Kier molecular flexibility index (Phi) is 6.95. The van der Waals surface area contributed by atoms with Gasteiger partial charge in [0, 0.05) is 36.5 Å². The van der Waals surface area contributed by atoms with Gasteiger partial charge in [0.05, 0.1) is 17.2 Å². The summed E-state index contributed by atoms with van der Waals surface area (Å²) in [7, 11) is -3.96. The molecule has 0 spiro atoms. The van der Waals surface area contributed by atoms with Gasteiger partial charge in [0.15, 0.2) is 14.6 Å². The van der Waals surface area contributed by atoms with E-state index in [0.717, 1.165) is 48.5 Å². The van der Waals surface area contributed by atoms with Crippen LogP contribution < -0.4 is 16.4 Å². The Balaban J connectivity index is 1.63. The number of fused-ring (bicyclic) bond motifs is 1. The number of aryl methyl sites for hydroxylation is 1. The molecule has 0 bridgehead atoms. The van der Waals surface area contributed by atoms with Crippen LogP contribution in [-0.4, -0.2) is 46.1 Å². The number of amides is 1. The highest BCUT2D eigenvalue weighted by Crippen LogP contribution is 2.29. The largest absolute Gasteiger partial charge is 0.310 e. The number of nitrogens with one attached hydrogen (secondary N) is 2. The minimum absolute atomic E-state index is 0.0366. The molecule has 1 aromatic heterocycles. The second-order valence-electron chi connectivity index (χ2n) is 9.26. The summed E-state index contributed by atoms with van der Waals surface area (Å²) in [6.07, 6.45) is 3.85. The molecule has 1 aliphatic rings. The van der Waals surface area contributed by atoms with Crippen molar-refractivity contribution < 1.29 is 27.2 Å². The van der Waals surface area contributed by atoms with Crippen LogP contribution in [0.25, 0.3) is 22.0 Å². The number of benzene rings is 2. The number of halogens is 2. The van der Waals surface area contributed by atoms with E-state index in [0.29, 0.717) is 12.6 Å². The number of rotatable bonds is 9. The van der Waals surface area contributed by atoms with E-state index in [1.165, 1.54) is 23.7 Å². The number of sulfone groups is 1. The number of carbonyl (C=O) groups excluding carboxylic acids is 1. The highest BCUT2D eigenvalue weighted by molar-refractivity contribution is 7.92. The molecule has 0 unspecified atom stereocenters. The molecule has 3 N–H and O–H groups in total. The summed E-state index contributed by atoms with van der Waals surface area (Å²) in [5.41, 5.74) is 1.54. The SMILES string of the molecule is C[C@@](CCn1cnc2cc(-c3ccc(CNC4CC4)cc3F)c(F)cc2c1=O)(C(=O)NO)S(C)(=O)=O. The monoisotopic (exact) mass is 520 g/mol. The van der Waals surface area contributed by atoms with Crippen molar-refractivity contribution in [2.24, 2.45) is 0 Å². The van der Waals surface area contributed by atoms with Gasteiger partial charge in [-0.1, -0.05) is 12.1 Å². The first-order chi connectivity index (χ1) is 16.9. The van der Waals surface area contributed by atoms with Gasteiger partial charge < -0.3 is 5.32 Å². The van der Waals surface area contributed by atoms with Gasteiger partial charge >= 0.3 is 0 Å². The van der Waals surface area contributed by atoms with Crippen LogP contribution in [0, 0.1) is 11.6 Å². The van der Waals surface area contributed by atoms with Gasteiger partial charge in [-0.3, -0.25) is 19.4 Å². The lowest BCUT2D eigenvalue weighted by atomic mass is 10.0. The van der Waals surface area contributed by atoms with Crippen LogP contribution in [0.5, 0.6) is 0 Å². The van der Waals surface area contributed by atoms with E-state index in [2.05, 4.69) is 10.3 Å². The zero-order valence-electron chi connectivity index (χ0n) is 19.7. The normalized spacial score (nSPS) is 15.6. The molecule has 3 aromatic rings. The van der Waals surface area contributed by atoms with Gasteiger partial charge in [0.1, 0.15) is 11.6 Å². The van der Waals surface area contributed by atoms with Crippen LogP contribution in [0.4, 0.5) is 8.78 Å². The summed E-state index contributed by atoms with van der Waals surface area (Å²) >= 11 is 0. The van der Waals surface area contributed by atoms with Crippen LogP contribution in [0.3, 0.4) is 0 Å². The molecular weight excluding hydrogens is 494 g/mol. The topological polar surface area (TPSA) is 130 Å². The second kappa shape index (κ2) is 9.68. The Morgan fingerprint density at radius 1 is 1.19 bits per heavy atom. The molecule has 1 atom stereocenters. The minimum Gasteiger partial charge on any atom is -0.310 e. The van der Waals surface area contributed by atoms with Crippen LogP contribution in [0.1, 0.15) is 31.7 Å². The molecule has 1 heterocycles. The summed E-state index contributed by atoms with van der Waals surface area (Å²) < 4.78 is 53.2. The number of nitrogens with zero attached hydrogens (tertiary/aromatic N) is 2.